The summed E-state index contributed by atoms with van der Waals surface area (Å²) in [6.45, 7) is 9.66. The lowest BCUT2D eigenvalue weighted by Gasteiger charge is -2.36. The highest BCUT2D eigenvalue weighted by atomic mass is 16.6. The molecule has 0 unspecified atom stereocenters. The van der Waals surface area contributed by atoms with E-state index in [1.807, 2.05) is 37.3 Å². The van der Waals surface area contributed by atoms with Gasteiger partial charge in [0.05, 0.1) is 12.6 Å². The Morgan fingerprint density at radius 2 is 1.80 bits per heavy atom. The minimum absolute atomic E-state index is 0.0325. The summed E-state index contributed by atoms with van der Waals surface area (Å²) >= 11 is 0. The van der Waals surface area contributed by atoms with Crippen molar-refractivity contribution in [2.75, 3.05) is 26.2 Å². The second kappa shape index (κ2) is 10.3. The van der Waals surface area contributed by atoms with E-state index in [0.29, 0.717) is 11.8 Å². The molecule has 7 heteroatoms. The van der Waals surface area contributed by atoms with E-state index >= 15 is 0 Å². The SMILES string of the molecule is C[C@@H]1C[C@H](C)CN(C[C@H](C)NC(=O)[C@@H]2C[C@@H](O)CN2C(=O)OCc2ccccc2)C1. The summed E-state index contributed by atoms with van der Waals surface area (Å²) in [6, 6.07) is 8.67. The summed E-state index contributed by atoms with van der Waals surface area (Å²) in [5.74, 6) is 1.10. The fourth-order valence-electron chi connectivity index (χ4n) is 4.78. The minimum Gasteiger partial charge on any atom is -0.445 e. The first-order valence-corrected chi connectivity index (χ1v) is 11.0. The fourth-order valence-corrected chi connectivity index (χ4v) is 4.78. The third kappa shape index (κ3) is 6.19. The van der Waals surface area contributed by atoms with Gasteiger partial charge >= 0.3 is 6.09 Å². The Balaban J connectivity index is 1.52. The Labute approximate surface area is 179 Å². The smallest absolute Gasteiger partial charge is 0.410 e. The number of amides is 2. The molecule has 0 spiro atoms. The molecule has 0 radical (unpaired) electrons. The molecule has 2 amide bonds. The number of benzene rings is 1. The predicted molar refractivity (Wildman–Crippen MR) is 115 cm³/mol. The van der Waals surface area contributed by atoms with Gasteiger partial charge in [-0.2, -0.15) is 0 Å². The van der Waals surface area contributed by atoms with E-state index in [1.54, 1.807) is 0 Å². The molecule has 1 aromatic carbocycles. The van der Waals surface area contributed by atoms with Gasteiger partial charge in [0.2, 0.25) is 5.91 Å². The molecular weight excluding hydrogens is 382 g/mol. The second-order valence-corrected chi connectivity index (χ2v) is 9.17. The van der Waals surface area contributed by atoms with Gasteiger partial charge in [-0.25, -0.2) is 4.79 Å². The highest BCUT2D eigenvalue weighted by Gasteiger charge is 2.40. The van der Waals surface area contributed by atoms with Crippen LogP contribution in [0.25, 0.3) is 0 Å². The van der Waals surface area contributed by atoms with Gasteiger partial charge in [0.15, 0.2) is 0 Å². The maximum absolute atomic E-state index is 12.9. The molecule has 166 valence electrons. The van der Waals surface area contributed by atoms with Gasteiger partial charge in [0, 0.05) is 32.1 Å². The second-order valence-electron chi connectivity index (χ2n) is 9.17. The van der Waals surface area contributed by atoms with Gasteiger partial charge in [-0.05, 0) is 30.7 Å². The van der Waals surface area contributed by atoms with Crippen molar-refractivity contribution in [2.45, 2.75) is 58.4 Å². The fraction of sp³-hybridized carbons (Fsp3) is 0.652. The van der Waals surface area contributed by atoms with Crippen LogP contribution in [0.2, 0.25) is 0 Å². The van der Waals surface area contributed by atoms with Crippen molar-refractivity contribution >= 4 is 12.0 Å². The molecule has 2 heterocycles. The molecule has 0 saturated carbocycles. The topological polar surface area (TPSA) is 82.1 Å². The maximum Gasteiger partial charge on any atom is 0.410 e. The van der Waals surface area contributed by atoms with Crippen molar-refractivity contribution in [1.29, 1.82) is 0 Å². The van der Waals surface area contributed by atoms with E-state index in [0.717, 1.165) is 25.2 Å². The Hall–Kier alpha value is -2.12. The van der Waals surface area contributed by atoms with Crippen LogP contribution in [0.3, 0.4) is 0 Å². The molecule has 3 rings (SSSR count). The molecule has 2 aliphatic rings. The summed E-state index contributed by atoms with van der Waals surface area (Å²) < 4.78 is 5.38. The van der Waals surface area contributed by atoms with Crippen LogP contribution in [0, 0.1) is 11.8 Å². The lowest BCUT2D eigenvalue weighted by molar-refractivity contribution is -0.126. The van der Waals surface area contributed by atoms with Crippen molar-refractivity contribution in [2.24, 2.45) is 11.8 Å². The Morgan fingerprint density at radius 3 is 2.47 bits per heavy atom. The number of likely N-dealkylation sites (tertiary alicyclic amines) is 2. The number of piperidine rings is 1. The molecule has 7 nitrogen and oxygen atoms in total. The number of carbonyl (C=O) groups excluding carboxylic acids is 2. The zero-order chi connectivity index (χ0) is 21.7. The number of nitrogens with one attached hydrogen (secondary N) is 1. The lowest BCUT2D eigenvalue weighted by Crippen LogP contribution is -2.52. The van der Waals surface area contributed by atoms with Gasteiger partial charge < -0.3 is 20.1 Å². The van der Waals surface area contributed by atoms with E-state index in [9.17, 15) is 14.7 Å². The summed E-state index contributed by atoms with van der Waals surface area (Å²) in [5, 5.41) is 13.1. The van der Waals surface area contributed by atoms with E-state index in [2.05, 4.69) is 24.1 Å². The van der Waals surface area contributed by atoms with Crippen molar-refractivity contribution in [3.63, 3.8) is 0 Å². The number of β-amino-alcohol motifs (C(OH)–C–C–N with tert-alkyl or cyclic N) is 1. The largest absolute Gasteiger partial charge is 0.445 e. The van der Waals surface area contributed by atoms with Crippen LogP contribution < -0.4 is 5.32 Å². The van der Waals surface area contributed by atoms with Crippen molar-refractivity contribution in [1.82, 2.24) is 15.1 Å². The normalized spacial score (nSPS) is 28.2. The number of carbonyl (C=O) groups is 2. The van der Waals surface area contributed by atoms with E-state index in [-0.39, 0.29) is 31.5 Å². The number of aliphatic hydroxyl groups is 1. The molecule has 0 aliphatic carbocycles. The van der Waals surface area contributed by atoms with Gasteiger partial charge in [-0.1, -0.05) is 44.2 Å². The number of hydrogen-bond donors (Lipinski definition) is 2. The first-order valence-electron chi connectivity index (χ1n) is 11.0. The molecule has 5 atom stereocenters. The number of ether oxygens (including phenoxy) is 1. The zero-order valence-corrected chi connectivity index (χ0v) is 18.3. The standard InChI is InChI=1S/C23H35N3O4/c1-16-9-17(2)12-25(11-16)13-18(3)24-22(28)21-10-20(27)14-26(21)23(29)30-15-19-7-5-4-6-8-19/h4-8,16-18,20-21,27H,9-15H2,1-3H3,(H,24,28)/t16-,17+,18-,20+,21-/m0/s1. The number of nitrogens with zero attached hydrogens (tertiary/aromatic N) is 2. The molecule has 1 aromatic rings. The molecular formula is C23H35N3O4. The molecule has 0 bridgehead atoms. The van der Waals surface area contributed by atoms with E-state index < -0.39 is 18.2 Å². The van der Waals surface area contributed by atoms with Gasteiger partial charge in [0.1, 0.15) is 12.6 Å². The third-order valence-electron chi connectivity index (χ3n) is 5.89. The monoisotopic (exact) mass is 417 g/mol. The average molecular weight is 418 g/mol. The van der Waals surface area contributed by atoms with Gasteiger partial charge in [0.25, 0.3) is 0 Å². The van der Waals surface area contributed by atoms with Crippen molar-refractivity contribution in [3.8, 4) is 0 Å². The molecule has 30 heavy (non-hydrogen) atoms. The average Bonchev–Trinajstić information content (AvgIpc) is 3.08. The van der Waals surface area contributed by atoms with Gasteiger partial charge in [-0.3, -0.25) is 9.69 Å². The summed E-state index contributed by atoms with van der Waals surface area (Å²) in [5.41, 5.74) is 0.880. The van der Waals surface area contributed by atoms with Crippen LogP contribution >= 0.6 is 0 Å². The first-order chi connectivity index (χ1) is 14.3. The summed E-state index contributed by atoms with van der Waals surface area (Å²) in [4.78, 5) is 29.2. The van der Waals surface area contributed by atoms with E-state index in [1.165, 1.54) is 11.3 Å². The van der Waals surface area contributed by atoms with Crippen LogP contribution in [0.1, 0.15) is 39.2 Å². The predicted octanol–water partition coefficient (Wildman–Crippen LogP) is 2.24. The molecule has 2 aliphatic heterocycles. The van der Waals surface area contributed by atoms with Crippen LogP contribution in [0.4, 0.5) is 4.79 Å². The molecule has 2 saturated heterocycles. The third-order valence-corrected chi connectivity index (χ3v) is 5.89. The zero-order valence-electron chi connectivity index (χ0n) is 18.3. The highest BCUT2D eigenvalue weighted by molar-refractivity contribution is 5.86. The Kier molecular flexibility index (Phi) is 7.72. The summed E-state index contributed by atoms with van der Waals surface area (Å²) in [7, 11) is 0. The number of hydrogen-bond acceptors (Lipinski definition) is 5. The maximum atomic E-state index is 12.9. The Morgan fingerprint density at radius 1 is 1.13 bits per heavy atom. The Bertz CT molecular complexity index is 704. The quantitative estimate of drug-likeness (QED) is 0.742. The molecule has 2 fully saturated rings. The highest BCUT2D eigenvalue weighted by Crippen LogP contribution is 2.22. The van der Waals surface area contributed by atoms with Crippen LogP contribution in [-0.2, 0) is 16.1 Å². The van der Waals surface area contributed by atoms with Crippen molar-refractivity contribution in [3.05, 3.63) is 35.9 Å². The van der Waals surface area contributed by atoms with Crippen molar-refractivity contribution < 1.29 is 19.4 Å². The summed E-state index contributed by atoms with van der Waals surface area (Å²) in [6.07, 6.45) is 0.194. The first kappa shape index (κ1) is 22.6. The van der Waals surface area contributed by atoms with Crippen LogP contribution in [-0.4, -0.2) is 71.3 Å². The molecule has 0 aromatic heterocycles. The molecule has 2 N–H and O–H groups in total. The lowest BCUT2D eigenvalue weighted by atomic mass is 9.92. The minimum atomic E-state index is -0.718. The van der Waals surface area contributed by atoms with Crippen LogP contribution in [0.15, 0.2) is 30.3 Å². The number of rotatable bonds is 6. The number of aliphatic hydroxyl groups excluding tert-OH is 1. The van der Waals surface area contributed by atoms with E-state index in [4.69, 9.17) is 4.74 Å². The van der Waals surface area contributed by atoms with Crippen LogP contribution in [0.5, 0.6) is 0 Å². The van der Waals surface area contributed by atoms with Gasteiger partial charge in [-0.15, -0.1) is 0 Å².